The number of rotatable bonds is 5. The van der Waals surface area contributed by atoms with Gasteiger partial charge in [-0.3, -0.25) is 9.89 Å². The number of piperazine rings is 1. The van der Waals surface area contributed by atoms with E-state index >= 15 is 0 Å². The van der Waals surface area contributed by atoms with Gasteiger partial charge >= 0.3 is 0 Å². The van der Waals surface area contributed by atoms with Gasteiger partial charge in [-0.25, -0.2) is 0 Å². The van der Waals surface area contributed by atoms with Crippen molar-refractivity contribution in [3.05, 3.63) is 0 Å². The van der Waals surface area contributed by atoms with Crippen LogP contribution in [0.25, 0.3) is 0 Å². The third-order valence-corrected chi connectivity index (χ3v) is 3.78. The van der Waals surface area contributed by atoms with E-state index in [1.807, 2.05) is 0 Å². The molecule has 0 aromatic rings. The number of aliphatic imine (C=N–C) groups is 1. The van der Waals surface area contributed by atoms with Gasteiger partial charge in [0.15, 0.2) is 5.96 Å². The Kier molecular flexibility index (Phi) is 7.16. The third-order valence-electron chi connectivity index (χ3n) is 3.78. The second-order valence-electron chi connectivity index (χ2n) is 5.57. The maximum atomic E-state index is 4.74. The van der Waals surface area contributed by atoms with Gasteiger partial charge in [0.2, 0.25) is 0 Å². The molecule has 0 radical (unpaired) electrons. The van der Waals surface area contributed by atoms with E-state index in [0.29, 0.717) is 12.1 Å². The molecule has 2 atom stereocenters. The summed E-state index contributed by atoms with van der Waals surface area (Å²) in [6.45, 7) is 11.6. The Balaban J connectivity index is 2.53. The van der Waals surface area contributed by atoms with E-state index in [1.165, 1.54) is 0 Å². The van der Waals surface area contributed by atoms with Crippen LogP contribution < -0.4 is 10.6 Å². The summed E-state index contributed by atoms with van der Waals surface area (Å²) < 4.78 is 0. The molecule has 0 aromatic heterocycles. The molecule has 1 aliphatic rings. The van der Waals surface area contributed by atoms with Crippen LogP contribution in [0.2, 0.25) is 0 Å². The van der Waals surface area contributed by atoms with Gasteiger partial charge in [-0.1, -0.05) is 6.92 Å². The summed E-state index contributed by atoms with van der Waals surface area (Å²) in [6, 6.07) is 0.982. The second kappa shape index (κ2) is 8.38. The molecule has 0 aliphatic carbocycles. The van der Waals surface area contributed by atoms with E-state index in [9.17, 15) is 0 Å². The van der Waals surface area contributed by atoms with Crippen LogP contribution in [0.15, 0.2) is 4.99 Å². The largest absolute Gasteiger partial charge is 0.357 e. The molecule has 2 N–H and O–H groups in total. The van der Waals surface area contributed by atoms with Crippen LogP contribution in [0.3, 0.4) is 0 Å². The van der Waals surface area contributed by atoms with Crippen molar-refractivity contribution >= 4 is 5.96 Å². The minimum Gasteiger partial charge on any atom is -0.357 e. The van der Waals surface area contributed by atoms with Gasteiger partial charge in [-0.05, 0) is 34.4 Å². The quantitative estimate of drug-likeness (QED) is 0.566. The summed E-state index contributed by atoms with van der Waals surface area (Å²) >= 11 is 0. The van der Waals surface area contributed by atoms with Crippen molar-refractivity contribution < 1.29 is 0 Å². The zero-order chi connectivity index (χ0) is 14.3. The number of nitrogens with one attached hydrogen (secondary N) is 2. The molecular formula is C14H31N5. The SMILES string of the molecule is CCNC(=NCC1CN(C)CCN1C)NC(C)CC. The second-order valence-corrected chi connectivity index (χ2v) is 5.57. The Morgan fingerprint density at radius 3 is 2.68 bits per heavy atom. The lowest BCUT2D eigenvalue weighted by atomic mass is 10.2. The van der Waals surface area contributed by atoms with Crippen molar-refractivity contribution in [3.8, 4) is 0 Å². The smallest absolute Gasteiger partial charge is 0.191 e. The van der Waals surface area contributed by atoms with Crippen molar-refractivity contribution in [2.24, 2.45) is 4.99 Å². The average Bonchev–Trinajstić information content (AvgIpc) is 2.39. The fraction of sp³-hybridized carbons (Fsp3) is 0.929. The predicted molar refractivity (Wildman–Crippen MR) is 82.8 cm³/mol. The third kappa shape index (κ3) is 5.78. The van der Waals surface area contributed by atoms with E-state index < -0.39 is 0 Å². The number of hydrogen-bond acceptors (Lipinski definition) is 3. The average molecular weight is 269 g/mol. The van der Waals surface area contributed by atoms with Crippen LogP contribution >= 0.6 is 0 Å². The maximum Gasteiger partial charge on any atom is 0.191 e. The van der Waals surface area contributed by atoms with E-state index in [0.717, 1.165) is 45.1 Å². The molecule has 0 saturated carbocycles. The molecule has 5 heteroatoms. The van der Waals surface area contributed by atoms with Crippen LogP contribution in [0.5, 0.6) is 0 Å². The van der Waals surface area contributed by atoms with E-state index in [-0.39, 0.29) is 0 Å². The van der Waals surface area contributed by atoms with Crippen molar-refractivity contribution in [1.29, 1.82) is 0 Å². The molecule has 1 rings (SSSR count). The Bertz CT molecular complexity index is 279. The molecule has 19 heavy (non-hydrogen) atoms. The molecule has 1 heterocycles. The highest BCUT2D eigenvalue weighted by atomic mass is 15.3. The molecule has 2 unspecified atom stereocenters. The predicted octanol–water partition coefficient (Wildman–Crippen LogP) is 0.586. The number of likely N-dealkylation sites (N-methyl/N-ethyl adjacent to an activating group) is 2. The van der Waals surface area contributed by atoms with E-state index in [4.69, 9.17) is 4.99 Å². The van der Waals surface area contributed by atoms with Crippen LogP contribution in [0, 0.1) is 0 Å². The zero-order valence-electron chi connectivity index (χ0n) is 13.2. The van der Waals surface area contributed by atoms with Crippen LogP contribution in [0.4, 0.5) is 0 Å². The summed E-state index contributed by atoms with van der Waals surface area (Å²) in [5.41, 5.74) is 0. The van der Waals surface area contributed by atoms with E-state index in [1.54, 1.807) is 0 Å². The number of guanidine groups is 1. The molecule has 112 valence electrons. The Morgan fingerprint density at radius 1 is 1.32 bits per heavy atom. The summed E-state index contributed by atoms with van der Waals surface area (Å²) in [6.07, 6.45) is 1.11. The normalized spacial score (nSPS) is 24.3. The topological polar surface area (TPSA) is 42.9 Å². The summed E-state index contributed by atoms with van der Waals surface area (Å²) in [5.74, 6) is 0.943. The van der Waals surface area contributed by atoms with Gasteiger partial charge in [0.05, 0.1) is 6.54 Å². The minimum absolute atomic E-state index is 0.463. The van der Waals surface area contributed by atoms with Gasteiger partial charge in [0.1, 0.15) is 0 Å². The highest BCUT2D eigenvalue weighted by molar-refractivity contribution is 5.80. The number of hydrogen-bond donors (Lipinski definition) is 2. The molecule has 1 fully saturated rings. The molecule has 0 spiro atoms. The molecule has 1 aliphatic heterocycles. The first kappa shape index (κ1) is 16.2. The first-order chi connectivity index (χ1) is 9.06. The van der Waals surface area contributed by atoms with Gasteiger partial charge in [0, 0.05) is 38.3 Å². The van der Waals surface area contributed by atoms with Crippen LogP contribution in [-0.4, -0.2) is 74.7 Å². The summed E-state index contributed by atoms with van der Waals surface area (Å²) in [7, 11) is 4.38. The molecule has 5 nitrogen and oxygen atoms in total. The van der Waals surface area contributed by atoms with Gasteiger partial charge < -0.3 is 15.5 Å². The standard InChI is InChI=1S/C14H31N5/c1-6-12(3)17-14(15-7-2)16-10-13-11-18(4)8-9-19(13)5/h12-13H,6-11H2,1-5H3,(H2,15,16,17). The van der Waals surface area contributed by atoms with Crippen LogP contribution in [0.1, 0.15) is 27.2 Å². The lowest BCUT2D eigenvalue weighted by molar-refractivity contribution is 0.119. The summed E-state index contributed by atoms with van der Waals surface area (Å²) in [5, 5.41) is 6.76. The van der Waals surface area contributed by atoms with Gasteiger partial charge in [-0.2, -0.15) is 0 Å². The molecule has 0 aromatic carbocycles. The molecular weight excluding hydrogens is 238 g/mol. The van der Waals surface area contributed by atoms with Crippen molar-refractivity contribution in [2.45, 2.75) is 39.3 Å². The van der Waals surface area contributed by atoms with Crippen molar-refractivity contribution in [2.75, 3.05) is 46.8 Å². The minimum atomic E-state index is 0.463. The maximum absolute atomic E-state index is 4.74. The highest BCUT2D eigenvalue weighted by Crippen LogP contribution is 2.06. The fourth-order valence-corrected chi connectivity index (χ4v) is 2.15. The number of nitrogens with zero attached hydrogens (tertiary/aromatic N) is 3. The molecule has 0 bridgehead atoms. The Hall–Kier alpha value is -0.810. The Morgan fingerprint density at radius 2 is 2.05 bits per heavy atom. The van der Waals surface area contributed by atoms with E-state index in [2.05, 4.69) is 55.3 Å². The molecule has 0 amide bonds. The van der Waals surface area contributed by atoms with Crippen molar-refractivity contribution in [3.63, 3.8) is 0 Å². The van der Waals surface area contributed by atoms with Crippen molar-refractivity contribution in [1.82, 2.24) is 20.4 Å². The lowest BCUT2D eigenvalue weighted by Crippen LogP contribution is -2.52. The lowest BCUT2D eigenvalue weighted by Gasteiger charge is -2.37. The Labute approximate surface area is 118 Å². The summed E-state index contributed by atoms with van der Waals surface area (Å²) in [4.78, 5) is 9.53. The zero-order valence-corrected chi connectivity index (χ0v) is 13.2. The van der Waals surface area contributed by atoms with Gasteiger partial charge in [0.25, 0.3) is 0 Å². The fourth-order valence-electron chi connectivity index (χ4n) is 2.15. The highest BCUT2D eigenvalue weighted by Gasteiger charge is 2.21. The first-order valence-corrected chi connectivity index (χ1v) is 7.50. The molecule has 1 saturated heterocycles. The van der Waals surface area contributed by atoms with Crippen LogP contribution in [-0.2, 0) is 0 Å². The monoisotopic (exact) mass is 269 g/mol. The first-order valence-electron chi connectivity index (χ1n) is 7.50. The van der Waals surface area contributed by atoms with Gasteiger partial charge in [-0.15, -0.1) is 0 Å².